The van der Waals surface area contributed by atoms with E-state index >= 15 is 0 Å². The lowest BCUT2D eigenvalue weighted by Crippen LogP contribution is -2.40. The van der Waals surface area contributed by atoms with Gasteiger partial charge in [0.2, 0.25) is 0 Å². The monoisotopic (exact) mass is 438 g/mol. The molecule has 2 aromatic carbocycles. The summed E-state index contributed by atoms with van der Waals surface area (Å²) in [4.78, 5) is 17.9. The van der Waals surface area contributed by atoms with Crippen molar-refractivity contribution in [2.75, 3.05) is 25.5 Å². The van der Waals surface area contributed by atoms with Crippen molar-refractivity contribution in [3.63, 3.8) is 0 Å². The van der Waals surface area contributed by atoms with E-state index in [-0.39, 0.29) is 16.8 Å². The van der Waals surface area contributed by atoms with Crippen molar-refractivity contribution in [2.24, 2.45) is 4.99 Å². The van der Waals surface area contributed by atoms with Crippen molar-refractivity contribution < 1.29 is 9.53 Å². The van der Waals surface area contributed by atoms with E-state index in [1.165, 1.54) is 17.7 Å². The number of guanidine groups is 1. The molecule has 1 amide bonds. The number of nitrogens with zero attached hydrogens (tertiary/aromatic N) is 1. The molecule has 0 bridgehead atoms. The molecule has 0 radical (unpaired) electrons. The first-order valence-electron chi connectivity index (χ1n) is 10.9. The first kappa shape index (κ1) is 21.7. The number of ether oxygens (including phenoxy) is 1. The van der Waals surface area contributed by atoms with Gasteiger partial charge in [-0.25, -0.2) is 0 Å². The van der Waals surface area contributed by atoms with Crippen molar-refractivity contribution in [1.29, 1.82) is 0 Å². The molecule has 2 aromatic rings. The lowest BCUT2D eigenvalue weighted by molar-refractivity contribution is -0.124. The van der Waals surface area contributed by atoms with E-state index in [0.29, 0.717) is 13.2 Å². The molecule has 1 aliphatic heterocycles. The Morgan fingerprint density at radius 1 is 1.16 bits per heavy atom. The number of carbonyl (C=O) groups excluding carboxylic acids is 1. The Morgan fingerprint density at radius 2 is 2.00 bits per heavy atom. The van der Waals surface area contributed by atoms with E-state index < -0.39 is 0 Å². The van der Waals surface area contributed by atoms with E-state index in [4.69, 9.17) is 4.74 Å². The number of nitrogens with one attached hydrogen (secondary N) is 3. The third kappa shape index (κ3) is 6.24. The summed E-state index contributed by atoms with van der Waals surface area (Å²) in [5, 5.41) is 9.82. The van der Waals surface area contributed by atoms with Gasteiger partial charge in [0.05, 0.1) is 0 Å². The Labute approximate surface area is 188 Å². The first-order valence-corrected chi connectivity index (χ1v) is 11.7. The molecular weight excluding hydrogens is 408 g/mol. The highest BCUT2D eigenvalue weighted by atomic mass is 32.2. The average molecular weight is 439 g/mol. The smallest absolute Gasteiger partial charge is 0.253 e. The molecule has 1 unspecified atom stereocenters. The maximum absolute atomic E-state index is 12.3. The lowest BCUT2D eigenvalue weighted by Gasteiger charge is -2.18. The lowest BCUT2D eigenvalue weighted by atomic mass is 10.2. The molecule has 164 valence electrons. The Balaban J connectivity index is 1.25. The summed E-state index contributed by atoms with van der Waals surface area (Å²) < 4.78 is 5.71. The summed E-state index contributed by atoms with van der Waals surface area (Å²) in [6.07, 6.45) is 3.83. The summed E-state index contributed by atoms with van der Waals surface area (Å²) >= 11 is 1.95. The summed E-state index contributed by atoms with van der Waals surface area (Å²) in [7, 11) is 1.79. The van der Waals surface area contributed by atoms with Gasteiger partial charge < -0.3 is 20.7 Å². The maximum atomic E-state index is 12.3. The molecule has 1 atom stereocenters. The number of anilines is 1. The minimum Gasteiger partial charge on any atom is -0.368 e. The van der Waals surface area contributed by atoms with Crippen LogP contribution in [0.3, 0.4) is 0 Å². The Kier molecular flexibility index (Phi) is 7.14. The van der Waals surface area contributed by atoms with Gasteiger partial charge >= 0.3 is 0 Å². The fourth-order valence-corrected chi connectivity index (χ4v) is 4.85. The Hall–Kier alpha value is -2.51. The molecule has 2 fully saturated rings. The van der Waals surface area contributed by atoms with Crippen LogP contribution in [0.5, 0.6) is 0 Å². The highest BCUT2D eigenvalue weighted by Crippen LogP contribution is 2.51. The van der Waals surface area contributed by atoms with Crippen LogP contribution in [0.4, 0.5) is 5.69 Å². The standard InChI is InChI=1S/C24H30N4O2S/c1-25-23(27-17-24(12-13-24)31-20-9-3-2-4-10-20)26-16-18-7-5-8-19(15-18)28-22(29)21-11-6-14-30-21/h2-5,7-10,15,21H,6,11-14,16-17H2,1H3,(H,28,29)(H2,25,26,27). The second-order valence-electron chi connectivity index (χ2n) is 8.07. The van der Waals surface area contributed by atoms with Gasteiger partial charge in [0.1, 0.15) is 6.10 Å². The Bertz CT molecular complexity index is 909. The maximum Gasteiger partial charge on any atom is 0.253 e. The molecule has 1 saturated carbocycles. The topological polar surface area (TPSA) is 74.8 Å². The second kappa shape index (κ2) is 10.2. The molecule has 2 aliphatic rings. The quantitative estimate of drug-likeness (QED) is 0.432. The average Bonchev–Trinajstić information content (AvgIpc) is 3.32. The molecule has 3 N–H and O–H groups in total. The molecule has 1 saturated heterocycles. The van der Waals surface area contributed by atoms with Crippen LogP contribution in [0.2, 0.25) is 0 Å². The van der Waals surface area contributed by atoms with Crippen molar-refractivity contribution in [1.82, 2.24) is 10.6 Å². The van der Waals surface area contributed by atoms with Crippen LogP contribution in [0, 0.1) is 0 Å². The van der Waals surface area contributed by atoms with E-state index in [2.05, 4.69) is 51.3 Å². The number of thioether (sulfide) groups is 1. The zero-order chi connectivity index (χ0) is 21.5. The molecule has 4 rings (SSSR count). The van der Waals surface area contributed by atoms with Crippen LogP contribution in [-0.4, -0.2) is 42.9 Å². The zero-order valence-electron chi connectivity index (χ0n) is 17.9. The van der Waals surface area contributed by atoms with Gasteiger partial charge in [-0.3, -0.25) is 9.79 Å². The molecule has 31 heavy (non-hydrogen) atoms. The van der Waals surface area contributed by atoms with Crippen LogP contribution in [0.25, 0.3) is 0 Å². The van der Waals surface area contributed by atoms with Crippen molar-refractivity contribution in [2.45, 2.75) is 48.0 Å². The van der Waals surface area contributed by atoms with Gasteiger partial charge in [0, 0.05) is 42.1 Å². The highest BCUT2D eigenvalue weighted by Gasteiger charge is 2.43. The van der Waals surface area contributed by atoms with Crippen LogP contribution >= 0.6 is 11.8 Å². The van der Waals surface area contributed by atoms with Crippen LogP contribution in [0.1, 0.15) is 31.2 Å². The molecule has 0 spiro atoms. The normalized spacial score (nSPS) is 19.6. The van der Waals surface area contributed by atoms with Gasteiger partial charge in [-0.1, -0.05) is 30.3 Å². The molecule has 1 aliphatic carbocycles. The number of hydrogen-bond donors (Lipinski definition) is 3. The first-order chi connectivity index (χ1) is 15.2. The number of amides is 1. The van der Waals surface area contributed by atoms with E-state index in [9.17, 15) is 4.79 Å². The van der Waals surface area contributed by atoms with Gasteiger partial charge in [-0.15, -0.1) is 11.8 Å². The minimum absolute atomic E-state index is 0.0641. The molecule has 7 heteroatoms. The zero-order valence-corrected chi connectivity index (χ0v) is 18.7. The number of hydrogen-bond acceptors (Lipinski definition) is 4. The third-order valence-corrected chi connectivity index (χ3v) is 7.06. The summed E-state index contributed by atoms with van der Waals surface area (Å²) in [5.41, 5.74) is 1.87. The van der Waals surface area contributed by atoms with Crippen molar-refractivity contribution in [3.05, 3.63) is 60.2 Å². The van der Waals surface area contributed by atoms with E-state index in [1.54, 1.807) is 7.05 Å². The van der Waals surface area contributed by atoms with Crippen molar-refractivity contribution >= 4 is 29.3 Å². The summed E-state index contributed by atoms with van der Waals surface area (Å²) in [5.74, 6) is 0.722. The van der Waals surface area contributed by atoms with Gasteiger partial charge in [-0.05, 0) is 55.5 Å². The van der Waals surface area contributed by atoms with Gasteiger partial charge in [0.25, 0.3) is 5.91 Å². The molecule has 6 nitrogen and oxygen atoms in total. The number of benzene rings is 2. The molecule has 0 aromatic heterocycles. The largest absolute Gasteiger partial charge is 0.368 e. The van der Waals surface area contributed by atoms with Gasteiger partial charge in [0.15, 0.2) is 5.96 Å². The number of rotatable bonds is 8. The number of carbonyl (C=O) groups is 1. The summed E-state index contributed by atoms with van der Waals surface area (Å²) in [6, 6.07) is 18.4. The number of aliphatic imine (C=N–C) groups is 1. The molecular formula is C24H30N4O2S. The van der Waals surface area contributed by atoms with Gasteiger partial charge in [-0.2, -0.15) is 0 Å². The fourth-order valence-electron chi connectivity index (χ4n) is 3.61. The SMILES string of the molecule is CN=C(NCc1cccc(NC(=O)C2CCCO2)c1)NCC1(Sc2ccccc2)CC1. The van der Waals surface area contributed by atoms with Crippen LogP contribution in [-0.2, 0) is 16.1 Å². The molecule has 1 heterocycles. The second-order valence-corrected chi connectivity index (χ2v) is 9.61. The van der Waals surface area contributed by atoms with E-state index in [1.807, 2.05) is 36.0 Å². The highest BCUT2D eigenvalue weighted by molar-refractivity contribution is 8.01. The summed E-state index contributed by atoms with van der Waals surface area (Å²) in [6.45, 7) is 2.17. The predicted octanol–water partition coefficient (Wildman–Crippen LogP) is 3.79. The van der Waals surface area contributed by atoms with Crippen LogP contribution in [0.15, 0.2) is 64.5 Å². The Morgan fingerprint density at radius 3 is 2.71 bits per heavy atom. The third-order valence-electron chi connectivity index (χ3n) is 5.56. The predicted molar refractivity (Wildman–Crippen MR) is 127 cm³/mol. The minimum atomic E-state index is -0.326. The van der Waals surface area contributed by atoms with Crippen LogP contribution < -0.4 is 16.0 Å². The fraction of sp³-hybridized carbons (Fsp3) is 0.417. The van der Waals surface area contributed by atoms with E-state index in [0.717, 1.165) is 36.6 Å². The van der Waals surface area contributed by atoms with Crippen molar-refractivity contribution in [3.8, 4) is 0 Å².